The Hall–Kier alpha value is -2.17. The third-order valence-electron chi connectivity index (χ3n) is 3.81. The molecule has 1 fully saturated rings. The summed E-state index contributed by atoms with van der Waals surface area (Å²) in [6.45, 7) is 1.69. The van der Waals surface area contributed by atoms with Crippen molar-refractivity contribution in [2.24, 2.45) is 0 Å². The lowest BCUT2D eigenvalue weighted by atomic mass is 10.1. The maximum atomic E-state index is 12.5. The number of rotatable bonds is 3. The van der Waals surface area contributed by atoms with E-state index in [1.165, 1.54) is 0 Å². The van der Waals surface area contributed by atoms with E-state index < -0.39 is 0 Å². The number of methoxy groups -OCH3 is 2. The number of H-pyrrole nitrogens is 1. The lowest BCUT2D eigenvalue weighted by molar-refractivity contribution is 0.0795. The number of nitrogens with zero attached hydrogens (tertiary/aromatic N) is 1. The van der Waals surface area contributed by atoms with Crippen LogP contribution in [0.5, 0.6) is 11.5 Å². The number of hydrogen-bond donors (Lipinski definition) is 1. The summed E-state index contributed by atoms with van der Waals surface area (Å²) in [7, 11) is 3.20. The average molecular weight is 274 g/mol. The van der Waals surface area contributed by atoms with Crippen LogP contribution in [-0.2, 0) is 0 Å². The lowest BCUT2D eigenvalue weighted by Gasteiger charge is -2.14. The Bertz CT molecular complexity index is 642. The van der Waals surface area contributed by atoms with Crippen molar-refractivity contribution in [3.05, 3.63) is 23.9 Å². The summed E-state index contributed by atoms with van der Waals surface area (Å²) in [5.74, 6) is 1.37. The van der Waals surface area contributed by atoms with Gasteiger partial charge in [-0.2, -0.15) is 0 Å². The Morgan fingerprint density at radius 3 is 2.45 bits per heavy atom. The van der Waals surface area contributed by atoms with E-state index in [4.69, 9.17) is 9.47 Å². The lowest BCUT2D eigenvalue weighted by Crippen LogP contribution is -2.27. The van der Waals surface area contributed by atoms with Gasteiger partial charge in [0.2, 0.25) is 0 Å². The van der Waals surface area contributed by atoms with Crippen LogP contribution >= 0.6 is 0 Å². The van der Waals surface area contributed by atoms with E-state index in [1.807, 2.05) is 17.0 Å². The molecule has 1 saturated heterocycles. The first-order valence-corrected chi connectivity index (χ1v) is 6.77. The molecule has 1 aliphatic rings. The number of carbonyl (C=O) groups is 1. The Morgan fingerprint density at radius 2 is 1.80 bits per heavy atom. The van der Waals surface area contributed by atoms with Gasteiger partial charge < -0.3 is 19.4 Å². The first-order chi connectivity index (χ1) is 9.74. The van der Waals surface area contributed by atoms with Crippen molar-refractivity contribution in [2.75, 3.05) is 27.3 Å². The van der Waals surface area contributed by atoms with Gasteiger partial charge in [-0.15, -0.1) is 0 Å². The van der Waals surface area contributed by atoms with Gasteiger partial charge in [0.25, 0.3) is 5.91 Å². The zero-order valence-electron chi connectivity index (χ0n) is 11.7. The number of carbonyl (C=O) groups excluding carboxylic acids is 1. The second kappa shape index (κ2) is 5.07. The van der Waals surface area contributed by atoms with Gasteiger partial charge in [0.15, 0.2) is 11.5 Å². The Morgan fingerprint density at radius 1 is 1.15 bits per heavy atom. The van der Waals surface area contributed by atoms with Crippen molar-refractivity contribution in [1.82, 2.24) is 9.88 Å². The van der Waals surface area contributed by atoms with Gasteiger partial charge in [-0.05, 0) is 18.9 Å². The maximum absolute atomic E-state index is 12.5. The minimum absolute atomic E-state index is 0.0842. The maximum Gasteiger partial charge on any atom is 0.256 e. The standard InChI is InChI=1S/C15H18N2O3/c1-19-13-7-10-11(15(18)17-5-3-4-6-17)9-16-12(10)8-14(13)20-2/h7-9,16H,3-6H2,1-2H3. The first kappa shape index (κ1) is 12.8. The molecule has 1 N–H and O–H groups in total. The molecule has 3 rings (SSSR count). The molecule has 1 aromatic heterocycles. The Balaban J connectivity index is 2.05. The molecule has 1 aliphatic heterocycles. The number of aromatic amines is 1. The number of amides is 1. The van der Waals surface area contributed by atoms with Crippen LogP contribution < -0.4 is 9.47 Å². The summed E-state index contributed by atoms with van der Waals surface area (Å²) in [5, 5.41) is 0.875. The molecule has 1 aromatic carbocycles. The van der Waals surface area contributed by atoms with E-state index in [1.54, 1.807) is 20.4 Å². The van der Waals surface area contributed by atoms with Crippen LogP contribution in [0.4, 0.5) is 0 Å². The summed E-state index contributed by atoms with van der Waals surface area (Å²) in [5.41, 5.74) is 1.58. The topological polar surface area (TPSA) is 54.6 Å². The van der Waals surface area contributed by atoms with Crippen molar-refractivity contribution in [3.63, 3.8) is 0 Å². The second-order valence-corrected chi connectivity index (χ2v) is 4.95. The van der Waals surface area contributed by atoms with Crippen LogP contribution in [0.3, 0.4) is 0 Å². The molecule has 106 valence electrons. The highest BCUT2D eigenvalue weighted by atomic mass is 16.5. The van der Waals surface area contributed by atoms with Gasteiger partial charge in [0.1, 0.15) is 0 Å². The monoisotopic (exact) mass is 274 g/mol. The highest BCUT2D eigenvalue weighted by Crippen LogP contribution is 2.33. The number of aromatic nitrogens is 1. The molecule has 0 saturated carbocycles. The van der Waals surface area contributed by atoms with Crippen molar-refractivity contribution < 1.29 is 14.3 Å². The third-order valence-corrected chi connectivity index (χ3v) is 3.81. The van der Waals surface area contributed by atoms with E-state index in [2.05, 4.69) is 4.98 Å². The van der Waals surface area contributed by atoms with Gasteiger partial charge in [-0.3, -0.25) is 4.79 Å². The number of ether oxygens (including phenoxy) is 2. The van der Waals surface area contributed by atoms with Gasteiger partial charge in [0.05, 0.1) is 25.3 Å². The number of benzene rings is 1. The zero-order valence-corrected chi connectivity index (χ0v) is 11.7. The predicted molar refractivity (Wildman–Crippen MR) is 76.5 cm³/mol. The van der Waals surface area contributed by atoms with E-state index in [9.17, 15) is 4.79 Å². The van der Waals surface area contributed by atoms with Crippen LogP contribution in [0.15, 0.2) is 18.3 Å². The van der Waals surface area contributed by atoms with Crippen LogP contribution in [0.25, 0.3) is 10.9 Å². The zero-order chi connectivity index (χ0) is 14.1. The molecular formula is C15H18N2O3. The van der Waals surface area contributed by atoms with Crippen LogP contribution in [0, 0.1) is 0 Å². The molecule has 20 heavy (non-hydrogen) atoms. The summed E-state index contributed by atoms with van der Waals surface area (Å²) >= 11 is 0. The van der Waals surface area contributed by atoms with Crippen LogP contribution in [0.1, 0.15) is 23.2 Å². The van der Waals surface area contributed by atoms with Crippen molar-refractivity contribution in [1.29, 1.82) is 0 Å². The normalized spacial score (nSPS) is 14.8. The van der Waals surface area contributed by atoms with Crippen molar-refractivity contribution in [2.45, 2.75) is 12.8 Å². The Kier molecular flexibility index (Phi) is 3.26. The molecule has 5 heteroatoms. The minimum atomic E-state index is 0.0842. The van der Waals surface area contributed by atoms with Gasteiger partial charge in [-0.25, -0.2) is 0 Å². The largest absolute Gasteiger partial charge is 0.493 e. The highest BCUT2D eigenvalue weighted by Gasteiger charge is 2.22. The SMILES string of the molecule is COc1cc2[nH]cc(C(=O)N3CCCC3)c2cc1OC. The number of hydrogen-bond acceptors (Lipinski definition) is 3. The van der Waals surface area contributed by atoms with Crippen molar-refractivity contribution in [3.8, 4) is 11.5 Å². The second-order valence-electron chi connectivity index (χ2n) is 4.95. The first-order valence-electron chi connectivity index (χ1n) is 6.77. The number of fused-ring (bicyclic) bond motifs is 1. The number of likely N-dealkylation sites (tertiary alicyclic amines) is 1. The van der Waals surface area contributed by atoms with Crippen LogP contribution in [0.2, 0.25) is 0 Å². The molecule has 1 amide bonds. The molecule has 0 spiro atoms. The van der Waals surface area contributed by atoms with Gasteiger partial charge >= 0.3 is 0 Å². The Labute approximate surface area is 117 Å². The average Bonchev–Trinajstić information content (AvgIpc) is 3.14. The molecule has 2 aromatic rings. The molecule has 2 heterocycles. The van der Waals surface area contributed by atoms with E-state index in [-0.39, 0.29) is 5.91 Å². The molecule has 0 aliphatic carbocycles. The summed E-state index contributed by atoms with van der Waals surface area (Å²) in [6, 6.07) is 3.71. The molecule has 0 unspecified atom stereocenters. The number of nitrogens with one attached hydrogen (secondary N) is 1. The van der Waals surface area contributed by atoms with Gasteiger partial charge in [0, 0.05) is 30.7 Å². The van der Waals surface area contributed by atoms with Crippen molar-refractivity contribution >= 4 is 16.8 Å². The molecule has 0 atom stereocenters. The molecular weight excluding hydrogens is 256 g/mol. The van der Waals surface area contributed by atoms with Crippen LogP contribution in [-0.4, -0.2) is 43.1 Å². The summed E-state index contributed by atoms with van der Waals surface area (Å²) in [4.78, 5) is 17.5. The third kappa shape index (κ3) is 1.99. The minimum Gasteiger partial charge on any atom is -0.493 e. The predicted octanol–water partition coefficient (Wildman–Crippen LogP) is 2.42. The fourth-order valence-corrected chi connectivity index (χ4v) is 2.72. The fourth-order valence-electron chi connectivity index (χ4n) is 2.72. The molecule has 0 bridgehead atoms. The van der Waals surface area contributed by atoms with Gasteiger partial charge in [-0.1, -0.05) is 0 Å². The quantitative estimate of drug-likeness (QED) is 0.935. The highest BCUT2D eigenvalue weighted by molar-refractivity contribution is 6.07. The molecule has 5 nitrogen and oxygen atoms in total. The smallest absolute Gasteiger partial charge is 0.256 e. The fraction of sp³-hybridized carbons (Fsp3) is 0.400. The summed E-state index contributed by atoms with van der Waals surface area (Å²) < 4.78 is 10.6. The van der Waals surface area contributed by atoms with E-state index in [0.717, 1.165) is 36.8 Å². The van der Waals surface area contributed by atoms with E-state index >= 15 is 0 Å². The van der Waals surface area contributed by atoms with E-state index in [0.29, 0.717) is 17.1 Å². The summed E-state index contributed by atoms with van der Waals surface area (Å²) in [6.07, 6.45) is 3.95. The molecule has 0 radical (unpaired) electrons.